The molecular weight excluding hydrogens is 386 g/mol. The Kier molecular flexibility index (Phi) is 6.37. The van der Waals surface area contributed by atoms with E-state index < -0.39 is 17.7 Å². The predicted octanol–water partition coefficient (Wildman–Crippen LogP) is 2.08. The van der Waals surface area contributed by atoms with E-state index in [0.29, 0.717) is 35.8 Å². The van der Waals surface area contributed by atoms with Crippen molar-refractivity contribution in [2.45, 2.75) is 6.04 Å². The van der Waals surface area contributed by atoms with Gasteiger partial charge in [-0.2, -0.15) is 0 Å². The number of ether oxygens (including phenoxy) is 2. The van der Waals surface area contributed by atoms with Crippen LogP contribution in [-0.4, -0.2) is 73.0 Å². The molecule has 0 unspecified atom stereocenters. The largest absolute Gasteiger partial charge is 0.507 e. The molecule has 0 saturated carbocycles. The molecule has 8 nitrogen and oxygen atoms in total. The third-order valence-electron chi connectivity index (χ3n) is 4.95. The van der Waals surface area contributed by atoms with Crippen LogP contribution >= 0.6 is 0 Å². The first-order valence-corrected chi connectivity index (χ1v) is 9.45. The highest BCUT2D eigenvalue weighted by Gasteiger charge is 2.46. The van der Waals surface area contributed by atoms with Crippen molar-refractivity contribution in [3.05, 3.63) is 59.4 Å². The fourth-order valence-electron chi connectivity index (χ4n) is 3.40. The van der Waals surface area contributed by atoms with Gasteiger partial charge in [0.2, 0.25) is 0 Å². The van der Waals surface area contributed by atoms with Crippen LogP contribution in [0.25, 0.3) is 5.76 Å². The topological polar surface area (TPSA) is 92.2 Å². The summed E-state index contributed by atoms with van der Waals surface area (Å²) in [6, 6.07) is 9.30. The van der Waals surface area contributed by atoms with Gasteiger partial charge in [0.1, 0.15) is 11.8 Å². The number of likely N-dealkylation sites (N-methyl/N-ethyl adjacent to an activating group) is 1. The molecule has 0 aliphatic carbocycles. The van der Waals surface area contributed by atoms with Crippen LogP contribution in [-0.2, 0) is 9.59 Å². The Morgan fingerprint density at radius 1 is 1.13 bits per heavy atom. The maximum atomic E-state index is 12.9. The zero-order valence-electron chi connectivity index (χ0n) is 17.5. The van der Waals surface area contributed by atoms with Crippen molar-refractivity contribution in [2.24, 2.45) is 0 Å². The van der Waals surface area contributed by atoms with Crippen LogP contribution in [0.4, 0.5) is 0 Å². The summed E-state index contributed by atoms with van der Waals surface area (Å²) in [5.74, 6) is -0.789. The van der Waals surface area contributed by atoms with E-state index in [1.54, 1.807) is 42.6 Å². The number of aliphatic hydroxyl groups excluding tert-OH is 1. The number of aliphatic hydroxyl groups is 1. The summed E-state index contributed by atoms with van der Waals surface area (Å²) in [4.78, 5) is 33.5. The minimum Gasteiger partial charge on any atom is -0.507 e. The lowest BCUT2D eigenvalue weighted by molar-refractivity contribution is -0.140. The molecule has 0 radical (unpaired) electrons. The number of carbonyl (C=O) groups is 2. The lowest BCUT2D eigenvalue weighted by Gasteiger charge is -2.25. The van der Waals surface area contributed by atoms with Gasteiger partial charge >= 0.3 is 0 Å². The zero-order chi connectivity index (χ0) is 21.8. The summed E-state index contributed by atoms with van der Waals surface area (Å²) in [7, 11) is 6.76. The van der Waals surface area contributed by atoms with Gasteiger partial charge in [-0.25, -0.2) is 0 Å². The number of carbonyl (C=O) groups excluding carboxylic acids is 2. The molecule has 0 spiro atoms. The maximum Gasteiger partial charge on any atom is 0.295 e. The van der Waals surface area contributed by atoms with Crippen molar-refractivity contribution in [2.75, 3.05) is 41.4 Å². The van der Waals surface area contributed by atoms with Gasteiger partial charge in [0.15, 0.2) is 11.5 Å². The molecule has 2 heterocycles. The first-order valence-electron chi connectivity index (χ1n) is 9.45. The van der Waals surface area contributed by atoms with Crippen molar-refractivity contribution >= 4 is 17.4 Å². The summed E-state index contributed by atoms with van der Waals surface area (Å²) in [6.07, 6.45) is 1.60. The van der Waals surface area contributed by atoms with Crippen LogP contribution in [0.2, 0.25) is 0 Å². The third-order valence-corrected chi connectivity index (χ3v) is 4.95. The van der Waals surface area contributed by atoms with Crippen LogP contribution in [0.3, 0.4) is 0 Å². The number of aromatic nitrogens is 1. The van der Waals surface area contributed by atoms with Gasteiger partial charge < -0.3 is 24.4 Å². The SMILES string of the molecule is COc1ccc(C(O)=C2C(=O)C(=O)N(CCN(C)C)[C@H]2c2ccccn2)cc1OC. The molecule has 1 aliphatic rings. The van der Waals surface area contributed by atoms with Gasteiger partial charge in [0.05, 0.1) is 25.5 Å². The number of amides is 1. The minimum absolute atomic E-state index is 0.00433. The highest BCUT2D eigenvalue weighted by atomic mass is 16.5. The van der Waals surface area contributed by atoms with Gasteiger partial charge in [-0.05, 0) is 44.4 Å². The molecule has 1 aromatic carbocycles. The highest BCUT2D eigenvalue weighted by Crippen LogP contribution is 2.39. The number of hydrogen-bond acceptors (Lipinski definition) is 7. The van der Waals surface area contributed by atoms with Crippen molar-refractivity contribution < 1.29 is 24.2 Å². The van der Waals surface area contributed by atoms with Gasteiger partial charge in [-0.3, -0.25) is 14.6 Å². The van der Waals surface area contributed by atoms with Crippen LogP contribution in [0.5, 0.6) is 11.5 Å². The second-order valence-corrected chi connectivity index (χ2v) is 7.12. The molecule has 1 fully saturated rings. The lowest BCUT2D eigenvalue weighted by atomic mass is 9.98. The molecule has 3 rings (SSSR count). The molecular formula is C22H25N3O5. The van der Waals surface area contributed by atoms with E-state index in [1.807, 2.05) is 19.0 Å². The van der Waals surface area contributed by atoms with Crippen LogP contribution in [0, 0.1) is 0 Å². The fourth-order valence-corrected chi connectivity index (χ4v) is 3.40. The average molecular weight is 411 g/mol. The van der Waals surface area contributed by atoms with Crippen molar-refractivity contribution in [3.63, 3.8) is 0 Å². The van der Waals surface area contributed by atoms with E-state index in [0.717, 1.165) is 0 Å². The lowest BCUT2D eigenvalue weighted by Crippen LogP contribution is -2.35. The number of hydrogen-bond donors (Lipinski definition) is 1. The number of Topliss-reactive ketones (excluding diaryl/α,β-unsaturated/α-hetero) is 1. The Labute approximate surface area is 175 Å². The number of benzene rings is 1. The minimum atomic E-state index is -0.778. The Balaban J connectivity index is 2.14. The van der Waals surface area contributed by atoms with Gasteiger partial charge in [0, 0.05) is 24.8 Å². The predicted molar refractivity (Wildman–Crippen MR) is 111 cm³/mol. The van der Waals surface area contributed by atoms with Crippen LogP contribution < -0.4 is 9.47 Å². The molecule has 1 aliphatic heterocycles. The number of likely N-dealkylation sites (tertiary alicyclic amines) is 1. The number of methoxy groups -OCH3 is 2. The summed E-state index contributed by atoms with van der Waals surface area (Å²) in [6.45, 7) is 0.883. The monoisotopic (exact) mass is 411 g/mol. The van der Waals surface area contributed by atoms with E-state index >= 15 is 0 Å². The Hall–Kier alpha value is -3.39. The number of pyridine rings is 1. The van der Waals surface area contributed by atoms with Gasteiger partial charge in [-0.1, -0.05) is 6.07 Å². The maximum absolute atomic E-state index is 12.9. The molecule has 0 bridgehead atoms. The molecule has 1 N–H and O–H groups in total. The summed E-state index contributed by atoms with van der Waals surface area (Å²) in [5.41, 5.74) is 0.862. The third kappa shape index (κ3) is 3.99. The molecule has 158 valence electrons. The molecule has 30 heavy (non-hydrogen) atoms. The van der Waals surface area contributed by atoms with E-state index in [2.05, 4.69) is 4.98 Å². The van der Waals surface area contributed by atoms with Crippen molar-refractivity contribution in [1.29, 1.82) is 0 Å². The first-order chi connectivity index (χ1) is 14.4. The fraction of sp³-hybridized carbons (Fsp3) is 0.318. The summed E-state index contributed by atoms with van der Waals surface area (Å²) in [5, 5.41) is 11.1. The van der Waals surface area contributed by atoms with Crippen molar-refractivity contribution in [3.8, 4) is 11.5 Å². The van der Waals surface area contributed by atoms with Crippen LogP contribution in [0.1, 0.15) is 17.3 Å². The highest BCUT2D eigenvalue weighted by molar-refractivity contribution is 6.46. The first kappa shape index (κ1) is 21.3. The summed E-state index contributed by atoms with van der Waals surface area (Å²) < 4.78 is 10.5. The zero-order valence-corrected chi connectivity index (χ0v) is 17.5. The van der Waals surface area contributed by atoms with Crippen LogP contribution in [0.15, 0.2) is 48.2 Å². The van der Waals surface area contributed by atoms with Gasteiger partial charge in [0.25, 0.3) is 11.7 Å². The quantitative estimate of drug-likeness (QED) is 0.424. The summed E-state index contributed by atoms with van der Waals surface area (Å²) >= 11 is 0. The van der Waals surface area contributed by atoms with Crippen molar-refractivity contribution in [1.82, 2.24) is 14.8 Å². The Bertz CT molecular complexity index is 972. The van der Waals surface area contributed by atoms with E-state index in [1.165, 1.54) is 19.1 Å². The Morgan fingerprint density at radius 2 is 1.87 bits per heavy atom. The molecule has 1 atom stereocenters. The number of rotatable bonds is 7. The van der Waals surface area contributed by atoms with Gasteiger partial charge in [-0.15, -0.1) is 0 Å². The molecule has 2 aromatic rings. The number of nitrogens with zero attached hydrogens (tertiary/aromatic N) is 3. The molecule has 8 heteroatoms. The second kappa shape index (κ2) is 8.96. The molecule has 1 aromatic heterocycles. The molecule has 1 saturated heterocycles. The van der Waals surface area contributed by atoms with E-state index in [-0.39, 0.29) is 11.3 Å². The Morgan fingerprint density at radius 3 is 2.47 bits per heavy atom. The average Bonchev–Trinajstić information content (AvgIpc) is 3.01. The normalized spacial score (nSPS) is 18.2. The number of ketones is 1. The molecule has 1 amide bonds. The standard InChI is InChI=1S/C22H25N3O5/c1-24(2)11-12-25-19(15-7-5-6-10-23-15)18(21(27)22(25)28)20(26)14-8-9-16(29-3)17(13-14)30-4/h5-10,13,19,26H,11-12H2,1-4H3/t19-/m0/s1. The smallest absolute Gasteiger partial charge is 0.295 e. The van der Waals surface area contributed by atoms with E-state index in [9.17, 15) is 14.7 Å². The van der Waals surface area contributed by atoms with E-state index in [4.69, 9.17) is 9.47 Å². The second-order valence-electron chi connectivity index (χ2n) is 7.12.